The van der Waals surface area contributed by atoms with Gasteiger partial charge in [0.05, 0.1) is 33.1 Å². The van der Waals surface area contributed by atoms with Crippen LogP contribution in [-0.4, -0.2) is 33.0 Å². The summed E-state index contributed by atoms with van der Waals surface area (Å²) < 4.78 is 15.8. The van der Waals surface area contributed by atoms with Crippen LogP contribution in [0.15, 0.2) is 42.5 Å². The van der Waals surface area contributed by atoms with Crippen LogP contribution in [0.5, 0.6) is 17.2 Å². The number of benzene rings is 2. The van der Waals surface area contributed by atoms with Gasteiger partial charge in [-0.05, 0) is 42.8 Å². The molecule has 0 heterocycles. The van der Waals surface area contributed by atoms with Gasteiger partial charge >= 0.3 is 0 Å². The monoisotopic (exact) mass is 375 g/mol. The van der Waals surface area contributed by atoms with Gasteiger partial charge in [-0.1, -0.05) is 12.1 Å². The van der Waals surface area contributed by atoms with E-state index in [0.29, 0.717) is 5.75 Å². The van der Waals surface area contributed by atoms with E-state index in [1.807, 2.05) is 49.4 Å². The summed E-state index contributed by atoms with van der Waals surface area (Å²) in [6.07, 6.45) is 0. The van der Waals surface area contributed by atoms with Crippen molar-refractivity contribution in [2.24, 2.45) is 0 Å². The van der Waals surface area contributed by atoms with Crippen molar-refractivity contribution in [3.63, 3.8) is 0 Å². The van der Waals surface area contributed by atoms with Crippen LogP contribution in [0.1, 0.15) is 24.1 Å². The smallest absolute Gasteiger partial charge is 0.230 e. The average molecular weight is 375 g/mol. The lowest BCUT2D eigenvalue weighted by Crippen LogP contribution is -2.28. The van der Waals surface area contributed by atoms with Crippen molar-refractivity contribution in [3.8, 4) is 17.2 Å². The molecular weight excluding hydrogens is 350 g/mol. The van der Waals surface area contributed by atoms with Gasteiger partial charge in [-0.15, -0.1) is 11.8 Å². The number of carbonyl (C=O) groups is 1. The molecule has 1 N–H and O–H groups in total. The summed E-state index contributed by atoms with van der Waals surface area (Å²) in [7, 11) is 4.88. The third-order valence-corrected chi connectivity index (χ3v) is 4.95. The van der Waals surface area contributed by atoms with Gasteiger partial charge < -0.3 is 19.5 Å². The zero-order chi connectivity index (χ0) is 18.9. The van der Waals surface area contributed by atoms with Gasteiger partial charge in [0.1, 0.15) is 17.2 Å². The molecule has 2 aromatic carbocycles. The first kappa shape index (κ1) is 20.0. The highest BCUT2D eigenvalue weighted by Gasteiger charge is 2.15. The highest BCUT2D eigenvalue weighted by atomic mass is 32.2. The molecule has 26 heavy (non-hydrogen) atoms. The van der Waals surface area contributed by atoms with E-state index in [-0.39, 0.29) is 11.9 Å². The summed E-state index contributed by atoms with van der Waals surface area (Å²) in [5, 5.41) is 3.01. The lowest BCUT2D eigenvalue weighted by atomic mass is 10.1. The molecular formula is C20H25NO4S. The third-order valence-electron chi connectivity index (χ3n) is 3.94. The van der Waals surface area contributed by atoms with E-state index in [9.17, 15) is 4.79 Å². The Balaban J connectivity index is 1.86. The van der Waals surface area contributed by atoms with Gasteiger partial charge in [0, 0.05) is 11.3 Å². The largest absolute Gasteiger partial charge is 0.497 e. The number of rotatable bonds is 9. The van der Waals surface area contributed by atoms with E-state index in [2.05, 4.69) is 5.32 Å². The van der Waals surface area contributed by atoms with E-state index in [0.717, 1.165) is 34.1 Å². The van der Waals surface area contributed by atoms with Gasteiger partial charge in [0.25, 0.3) is 0 Å². The standard InChI is InChI=1S/C20H25NO4S/c1-14(18-11-17(24-3)9-10-19(18)25-4)21-20(22)13-26-12-15-5-7-16(23-2)8-6-15/h5-11,14H,12-13H2,1-4H3,(H,21,22)/t14-/m0/s1. The summed E-state index contributed by atoms with van der Waals surface area (Å²) in [4.78, 5) is 12.2. The molecule has 0 aliphatic heterocycles. The van der Waals surface area contributed by atoms with Crippen LogP contribution in [0.3, 0.4) is 0 Å². The van der Waals surface area contributed by atoms with Crippen molar-refractivity contribution in [3.05, 3.63) is 53.6 Å². The minimum atomic E-state index is -0.172. The van der Waals surface area contributed by atoms with E-state index in [1.54, 1.807) is 33.1 Å². The molecule has 0 unspecified atom stereocenters. The quantitative estimate of drug-likeness (QED) is 0.722. The SMILES string of the molecule is COc1ccc(CSCC(=O)N[C@@H](C)c2cc(OC)ccc2OC)cc1. The number of nitrogens with one attached hydrogen (secondary N) is 1. The van der Waals surface area contributed by atoms with Crippen LogP contribution in [0.4, 0.5) is 0 Å². The first-order valence-electron chi connectivity index (χ1n) is 8.29. The molecule has 5 nitrogen and oxygen atoms in total. The molecule has 1 amide bonds. The number of ether oxygens (including phenoxy) is 3. The Kier molecular flexibility index (Phi) is 7.66. The number of amides is 1. The van der Waals surface area contributed by atoms with Gasteiger partial charge in [0.15, 0.2) is 0 Å². The summed E-state index contributed by atoms with van der Waals surface area (Å²) >= 11 is 1.57. The third kappa shape index (κ3) is 5.59. The second-order valence-corrected chi connectivity index (χ2v) is 6.72. The molecule has 1 atom stereocenters. The van der Waals surface area contributed by atoms with Crippen molar-refractivity contribution < 1.29 is 19.0 Å². The maximum Gasteiger partial charge on any atom is 0.230 e. The van der Waals surface area contributed by atoms with E-state index in [4.69, 9.17) is 14.2 Å². The molecule has 0 fully saturated rings. The normalized spacial score (nSPS) is 11.5. The molecule has 0 saturated heterocycles. The number of hydrogen-bond donors (Lipinski definition) is 1. The highest BCUT2D eigenvalue weighted by molar-refractivity contribution is 7.99. The molecule has 0 aliphatic carbocycles. The second kappa shape index (κ2) is 9.97. The maximum absolute atomic E-state index is 12.2. The Morgan fingerprint density at radius 1 is 1.00 bits per heavy atom. The molecule has 2 rings (SSSR count). The molecule has 2 aromatic rings. The van der Waals surface area contributed by atoms with Crippen LogP contribution >= 0.6 is 11.8 Å². The molecule has 0 aliphatic rings. The number of hydrogen-bond acceptors (Lipinski definition) is 5. The lowest BCUT2D eigenvalue weighted by Gasteiger charge is -2.18. The summed E-state index contributed by atoms with van der Waals surface area (Å²) in [5.74, 6) is 3.44. The van der Waals surface area contributed by atoms with Crippen molar-refractivity contribution in [2.75, 3.05) is 27.1 Å². The van der Waals surface area contributed by atoms with Crippen molar-refractivity contribution in [1.29, 1.82) is 0 Å². The van der Waals surface area contributed by atoms with Gasteiger partial charge in [-0.2, -0.15) is 0 Å². The first-order valence-corrected chi connectivity index (χ1v) is 9.44. The second-order valence-electron chi connectivity index (χ2n) is 5.74. The Morgan fingerprint density at radius 3 is 2.27 bits per heavy atom. The molecule has 0 bridgehead atoms. The average Bonchev–Trinajstić information content (AvgIpc) is 2.67. The zero-order valence-corrected chi connectivity index (χ0v) is 16.4. The Bertz CT molecular complexity index is 718. The Hall–Kier alpha value is -2.34. The maximum atomic E-state index is 12.2. The van der Waals surface area contributed by atoms with Crippen LogP contribution in [0, 0.1) is 0 Å². The summed E-state index contributed by atoms with van der Waals surface area (Å²) in [6.45, 7) is 1.93. The Morgan fingerprint density at radius 2 is 1.65 bits per heavy atom. The highest BCUT2D eigenvalue weighted by Crippen LogP contribution is 2.29. The van der Waals surface area contributed by atoms with Gasteiger partial charge in [-0.3, -0.25) is 4.79 Å². The van der Waals surface area contributed by atoms with Crippen molar-refractivity contribution in [2.45, 2.75) is 18.7 Å². The number of thioether (sulfide) groups is 1. The van der Waals surface area contributed by atoms with E-state index >= 15 is 0 Å². The van der Waals surface area contributed by atoms with Crippen LogP contribution in [0.2, 0.25) is 0 Å². The minimum Gasteiger partial charge on any atom is -0.497 e. The molecule has 0 saturated carbocycles. The molecule has 0 spiro atoms. The first-order chi connectivity index (χ1) is 12.6. The fraction of sp³-hybridized carbons (Fsp3) is 0.350. The molecule has 140 valence electrons. The van der Waals surface area contributed by atoms with Crippen LogP contribution in [-0.2, 0) is 10.5 Å². The Labute approximate surface area is 159 Å². The fourth-order valence-corrected chi connectivity index (χ4v) is 3.32. The van der Waals surface area contributed by atoms with Gasteiger partial charge in [-0.25, -0.2) is 0 Å². The van der Waals surface area contributed by atoms with E-state index in [1.165, 1.54) is 0 Å². The topological polar surface area (TPSA) is 56.8 Å². The predicted molar refractivity (Wildman–Crippen MR) is 105 cm³/mol. The van der Waals surface area contributed by atoms with Gasteiger partial charge in [0.2, 0.25) is 5.91 Å². The minimum absolute atomic E-state index is 0.0131. The predicted octanol–water partition coefficient (Wildman–Crippen LogP) is 3.82. The van der Waals surface area contributed by atoms with Crippen molar-refractivity contribution in [1.82, 2.24) is 5.32 Å². The van der Waals surface area contributed by atoms with Crippen LogP contribution in [0.25, 0.3) is 0 Å². The zero-order valence-electron chi connectivity index (χ0n) is 15.6. The fourth-order valence-electron chi connectivity index (χ4n) is 2.52. The molecule has 0 aromatic heterocycles. The van der Waals surface area contributed by atoms with Crippen molar-refractivity contribution >= 4 is 17.7 Å². The molecule has 6 heteroatoms. The lowest BCUT2D eigenvalue weighted by molar-refractivity contribution is -0.119. The summed E-state index contributed by atoms with van der Waals surface area (Å²) in [6, 6.07) is 13.3. The number of carbonyl (C=O) groups excluding carboxylic acids is 1. The molecule has 0 radical (unpaired) electrons. The number of methoxy groups -OCH3 is 3. The van der Waals surface area contributed by atoms with E-state index < -0.39 is 0 Å². The van der Waals surface area contributed by atoms with Crippen LogP contribution < -0.4 is 19.5 Å². The summed E-state index contributed by atoms with van der Waals surface area (Å²) in [5.41, 5.74) is 2.05.